The molecule has 1 aromatic carbocycles. The number of amides is 2. The molecule has 1 aliphatic heterocycles. The Bertz CT molecular complexity index is 714. The monoisotopic (exact) mass is 380 g/mol. The lowest BCUT2D eigenvalue weighted by Gasteiger charge is -2.20. The Morgan fingerprint density at radius 1 is 1.15 bits per heavy atom. The number of sulfone groups is 1. The molecule has 1 saturated heterocycles. The summed E-state index contributed by atoms with van der Waals surface area (Å²) in [5.74, 6) is -0.284. The van der Waals surface area contributed by atoms with Crippen molar-refractivity contribution in [2.24, 2.45) is 0 Å². The summed E-state index contributed by atoms with van der Waals surface area (Å²) in [6, 6.07) is 6.63. The van der Waals surface area contributed by atoms with E-state index in [0.717, 1.165) is 31.4 Å². The molecule has 0 aliphatic carbocycles. The molecular formula is C19H28N2O4S. The van der Waals surface area contributed by atoms with Gasteiger partial charge < -0.3 is 10.2 Å². The van der Waals surface area contributed by atoms with Crippen LogP contribution in [-0.2, 0) is 19.4 Å². The third-order valence-electron chi connectivity index (χ3n) is 4.58. The van der Waals surface area contributed by atoms with Gasteiger partial charge in [-0.25, -0.2) is 8.42 Å². The zero-order valence-corrected chi connectivity index (χ0v) is 16.2. The molecule has 0 unspecified atom stereocenters. The summed E-state index contributed by atoms with van der Waals surface area (Å²) in [5.41, 5.74) is 0.990. The van der Waals surface area contributed by atoms with E-state index in [4.69, 9.17) is 0 Å². The summed E-state index contributed by atoms with van der Waals surface area (Å²) in [4.78, 5) is 25.9. The Morgan fingerprint density at radius 3 is 2.62 bits per heavy atom. The summed E-state index contributed by atoms with van der Waals surface area (Å²) in [7, 11) is -3.44. The van der Waals surface area contributed by atoms with Crippen LogP contribution in [0.15, 0.2) is 29.2 Å². The van der Waals surface area contributed by atoms with Crippen molar-refractivity contribution in [3.05, 3.63) is 29.8 Å². The number of nitrogens with one attached hydrogen (secondary N) is 1. The fourth-order valence-electron chi connectivity index (χ4n) is 2.95. The highest BCUT2D eigenvalue weighted by atomic mass is 32.2. The van der Waals surface area contributed by atoms with Crippen LogP contribution in [0.1, 0.15) is 44.1 Å². The van der Waals surface area contributed by atoms with Crippen LogP contribution in [0.2, 0.25) is 0 Å². The molecule has 26 heavy (non-hydrogen) atoms. The van der Waals surface area contributed by atoms with Gasteiger partial charge in [0, 0.05) is 32.5 Å². The first-order valence-corrected chi connectivity index (χ1v) is 10.9. The van der Waals surface area contributed by atoms with E-state index in [-0.39, 0.29) is 28.9 Å². The van der Waals surface area contributed by atoms with Crippen molar-refractivity contribution < 1.29 is 18.0 Å². The van der Waals surface area contributed by atoms with Crippen LogP contribution < -0.4 is 5.32 Å². The van der Waals surface area contributed by atoms with Gasteiger partial charge in [-0.2, -0.15) is 0 Å². The van der Waals surface area contributed by atoms with Crippen molar-refractivity contribution in [3.63, 3.8) is 0 Å². The lowest BCUT2D eigenvalue weighted by molar-refractivity contribution is -0.130. The van der Waals surface area contributed by atoms with Crippen LogP contribution >= 0.6 is 0 Å². The maximum Gasteiger partial charge on any atom is 0.222 e. The fourth-order valence-corrected chi connectivity index (χ4v) is 4.19. The second-order valence-corrected chi connectivity index (χ2v) is 8.89. The summed E-state index contributed by atoms with van der Waals surface area (Å²) in [6.45, 7) is 3.78. The smallest absolute Gasteiger partial charge is 0.222 e. The van der Waals surface area contributed by atoms with Crippen molar-refractivity contribution in [2.45, 2.75) is 50.3 Å². The zero-order chi connectivity index (χ0) is 19.0. The molecule has 144 valence electrons. The second-order valence-electron chi connectivity index (χ2n) is 6.78. The third kappa shape index (κ3) is 6.44. The molecule has 0 spiro atoms. The predicted octanol–water partition coefficient (Wildman–Crippen LogP) is 2.07. The molecule has 1 N–H and O–H groups in total. The second kappa shape index (κ2) is 9.71. The summed E-state index contributed by atoms with van der Waals surface area (Å²) < 4.78 is 24.5. The number of rotatable bonds is 8. The van der Waals surface area contributed by atoms with E-state index in [1.807, 2.05) is 11.8 Å². The molecule has 1 fully saturated rings. The maximum atomic E-state index is 12.2. The predicted molar refractivity (Wildman–Crippen MR) is 101 cm³/mol. The van der Waals surface area contributed by atoms with Crippen LogP contribution in [0.5, 0.6) is 0 Å². The lowest BCUT2D eigenvalue weighted by atomic mass is 10.2. The summed E-state index contributed by atoms with van der Waals surface area (Å²) >= 11 is 0. The van der Waals surface area contributed by atoms with E-state index in [1.54, 1.807) is 24.3 Å². The Kier molecular flexibility index (Phi) is 7.63. The van der Waals surface area contributed by atoms with Gasteiger partial charge in [0.25, 0.3) is 0 Å². The Hall–Kier alpha value is -1.89. The van der Waals surface area contributed by atoms with Crippen LogP contribution in [0.3, 0.4) is 0 Å². The highest BCUT2D eigenvalue weighted by Crippen LogP contribution is 2.13. The number of likely N-dealkylation sites (tertiary alicyclic amines) is 1. The lowest BCUT2D eigenvalue weighted by Crippen LogP contribution is -2.34. The van der Waals surface area contributed by atoms with Crippen molar-refractivity contribution in [1.29, 1.82) is 0 Å². The molecule has 2 rings (SSSR count). The fraction of sp³-hybridized carbons (Fsp3) is 0.579. The van der Waals surface area contributed by atoms with Gasteiger partial charge in [-0.15, -0.1) is 0 Å². The Balaban J connectivity index is 1.68. The van der Waals surface area contributed by atoms with E-state index in [9.17, 15) is 18.0 Å². The molecule has 0 radical (unpaired) electrons. The Morgan fingerprint density at radius 2 is 1.88 bits per heavy atom. The van der Waals surface area contributed by atoms with Crippen molar-refractivity contribution in [1.82, 2.24) is 10.2 Å². The van der Waals surface area contributed by atoms with Crippen molar-refractivity contribution >= 4 is 21.7 Å². The largest absolute Gasteiger partial charge is 0.356 e. The molecule has 0 atom stereocenters. The quantitative estimate of drug-likeness (QED) is 0.700. The van der Waals surface area contributed by atoms with Crippen LogP contribution in [0.25, 0.3) is 0 Å². The van der Waals surface area contributed by atoms with Crippen LogP contribution in [0, 0.1) is 6.92 Å². The first kappa shape index (κ1) is 20.4. The normalized spacial score (nSPS) is 15.6. The first-order chi connectivity index (χ1) is 12.4. The maximum absolute atomic E-state index is 12.2. The molecule has 7 heteroatoms. The van der Waals surface area contributed by atoms with Gasteiger partial charge in [0.2, 0.25) is 11.8 Å². The minimum Gasteiger partial charge on any atom is -0.356 e. The van der Waals surface area contributed by atoms with Gasteiger partial charge in [-0.3, -0.25) is 9.59 Å². The number of benzene rings is 1. The number of carbonyl (C=O) groups is 2. The number of hydrogen-bond donors (Lipinski definition) is 1. The van der Waals surface area contributed by atoms with Crippen LogP contribution in [-0.4, -0.2) is 50.5 Å². The van der Waals surface area contributed by atoms with E-state index >= 15 is 0 Å². The molecule has 0 bridgehead atoms. The molecular weight excluding hydrogens is 352 g/mol. The van der Waals surface area contributed by atoms with E-state index in [1.165, 1.54) is 0 Å². The van der Waals surface area contributed by atoms with Gasteiger partial charge in [0.05, 0.1) is 10.6 Å². The zero-order valence-electron chi connectivity index (χ0n) is 15.4. The average Bonchev–Trinajstić information content (AvgIpc) is 2.82. The average molecular weight is 381 g/mol. The Labute approximate surface area is 155 Å². The third-order valence-corrected chi connectivity index (χ3v) is 6.31. The highest BCUT2D eigenvalue weighted by molar-refractivity contribution is 7.91. The highest BCUT2D eigenvalue weighted by Gasteiger charge is 2.17. The van der Waals surface area contributed by atoms with Crippen molar-refractivity contribution in [3.8, 4) is 0 Å². The summed E-state index contributed by atoms with van der Waals surface area (Å²) in [6.07, 6.45) is 4.33. The van der Waals surface area contributed by atoms with Gasteiger partial charge in [0.1, 0.15) is 0 Å². The van der Waals surface area contributed by atoms with Crippen molar-refractivity contribution in [2.75, 3.05) is 25.4 Å². The molecule has 1 aromatic rings. The molecule has 1 heterocycles. The molecule has 6 nitrogen and oxygen atoms in total. The number of aryl methyl sites for hydroxylation is 1. The topological polar surface area (TPSA) is 83.6 Å². The number of carbonyl (C=O) groups excluding carboxylic acids is 2. The van der Waals surface area contributed by atoms with Gasteiger partial charge in [-0.05, 0) is 38.3 Å². The van der Waals surface area contributed by atoms with E-state index < -0.39 is 9.84 Å². The number of nitrogens with zero attached hydrogens (tertiary/aromatic N) is 1. The van der Waals surface area contributed by atoms with Gasteiger partial charge >= 0.3 is 0 Å². The standard InChI is InChI=1S/C19H28N2O4S/c1-16-7-9-17(10-8-16)26(24,25)15-11-18(22)20-12-5-14-21-13-4-2-3-6-19(21)23/h7-10H,2-6,11-15H2,1H3,(H,20,22). The minimum absolute atomic E-state index is 0.0567. The molecule has 1 aliphatic rings. The van der Waals surface area contributed by atoms with E-state index in [0.29, 0.717) is 25.9 Å². The number of hydrogen-bond acceptors (Lipinski definition) is 4. The minimum atomic E-state index is -3.44. The summed E-state index contributed by atoms with van der Waals surface area (Å²) in [5, 5.41) is 2.74. The van der Waals surface area contributed by atoms with E-state index in [2.05, 4.69) is 5.32 Å². The molecule has 0 saturated carbocycles. The first-order valence-electron chi connectivity index (χ1n) is 9.22. The molecule has 2 amide bonds. The van der Waals surface area contributed by atoms with Crippen LogP contribution in [0.4, 0.5) is 0 Å². The SMILES string of the molecule is Cc1ccc(S(=O)(=O)CCC(=O)NCCCN2CCCCCC2=O)cc1. The molecule has 0 aromatic heterocycles. The van der Waals surface area contributed by atoms with Gasteiger partial charge in [-0.1, -0.05) is 24.1 Å². The van der Waals surface area contributed by atoms with Gasteiger partial charge in [0.15, 0.2) is 9.84 Å².